The Labute approximate surface area is 138 Å². The topological polar surface area (TPSA) is 87.0 Å². The number of benzene rings is 1. The molecule has 1 aromatic carbocycles. The Balaban J connectivity index is 2.16. The van der Waals surface area contributed by atoms with Gasteiger partial charge in [-0.1, -0.05) is 29.3 Å². The summed E-state index contributed by atoms with van der Waals surface area (Å²) in [5.74, 6) is -0.665. The third-order valence-electron chi connectivity index (χ3n) is 3.20. The molecule has 1 heterocycles. The first-order valence-electron chi connectivity index (χ1n) is 6.39. The van der Waals surface area contributed by atoms with E-state index in [2.05, 4.69) is 5.32 Å². The van der Waals surface area contributed by atoms with Crippen LogP contribution in [0, 0.1) is 11.3 Å². The molecule has 1 amide bonds. The van der Waals surface area contributed by atoms with Gasteiger partial charge in [0.25, 0.3) is 5.91 Å². The fourth-order valence-electron chi connectivity index (χ4n) is 2.09. The van der Waals surface area contributed by atoms with Crippen molar-refractivity contribution in [3.63, 3.8) is 0 Å². The Kier molecular flexibility index (Phi) is 5.12. The molecule has 1 N–H and O–H groups in total. The number of carbonyl (C=O) groups is 1. The fourth-order valence-corrected chi connectivity index (χ4v) is 4.23. The molecule has 116 valence electrons. The number of amides is 1. The lowest BCUT2D eigenvalue weighted by Crippen LogP contribution is -2.36. The van der Waals surface area contributed by atoms with Gasteiger partial charge in [0.05, 0.1) is 11.5 Å². The number of sulfone groups is 1. The monoisotopic (exact) mass is 358 g/mol. The number of nitriles is 1. The van der Waals surface area contributed by atoms with Gasteiger partial charge in [-0.15, -0.1) is 0 Å². The maximum absolute atomic E-state index is 12.1. The van der Waals surface area contributed by atoms with Crippen molar-refractivity contribution >= 4 is 45.0 Å². The summed E-state index contributed by atoms with van der Waals surface area (Å²) in [5.41, 5.74) is 0.338. The smallest absolute Gasteiger partial charge is 0.262 e. The molecule has 5 nitrogen and oxygen atoms in total. The highest BCUT2D eigenvalue weighted by molar-refractivity contribution is 7.91. The van der Waals surface area contributed by atoms with E-state index in [0.717, 1.165) is 0 Å². The Bertz CT molecular complexity index is 782. The molecule has 1 fully saturated rings. The lowest BCUT2D eigenvalue weighted by molar-refractivity contribution is -0.117. The highest BCUT2D eigenvalue weighted by Gasteiger charge is 2.29. The molecule has 0 spiro atoms. The van der Waals surface area contributed by atoms with Crippen molar-refractivity contribution in [3.8, 4) is 6.07 Å². The molecule has 1 unspecified atom stereocenters. The summed E-state index contributed by atoms with van der Waals surface area (Å²) in [6.07, 6.45) is 1.70. The zero-order valence-electron chi connectivity index (χ0n) is 11.3. The van der Waals surface area contributed by atoms with E-state index in [4.69, 9.17) is 28.5 Å². The van der Waals surface area contributed by atoms with Gasteiger partial charge in [-0.2, -0.15) is 5.26 Å². The molecule has 0 bridgehead atoms. The van der Waals surface area contributed by atoms with Crippen molar-refractivity contribution < 1.29 is 13.2 Å². The van der Waals surface area contributed by atoms with Crippen molar-refractivity contribution in [3.05, 3.63) is 39.4 Å². The minimum Gasteiger partial charge on any atom is -0.348 e. The Hall–Kier alpha value is -1.55. The summed E-state index contributed by atoms with van der Waals surface area (Å²) in [7, 11) is -3.10. The minimum atomic E-state index is -3.10. The highest BCUT2D eigenvalue weighted by Crippen LogP contribution is 2.23. The second kappa shape index (κ2) is 6.69. The minimum absolute atomic E-state index is 0.0482. The van der Waals surface area contributed by atoms with Gasteiger partial charge in [-0.3, -0.25) is 4.79 Å². The largest absolute Gasteiger partial charge is 0.348 e. The average Bonchev–Trinajstić information content (AvgIpc) is 2.77. The van der Waals surface area contributed by atoms with E-state index in [1.165, 1.54) is 12.1 Å². The van der Waals surface area contributed by atoms with Crippen LogP contribution in [0.1, 0.15) is 12.0 Å². The van der Waals surface area contributed by atoms with E-state index >= 15 is 0 Å². The lowest BCUT2D eigenvalue weighted by atomic mass is 10.1. The van der Waals surface area contributed by atoms with Crippen LogP contribution in [0.3, 0.4) is 0 Å². The van der Waals surface area contributed by atoms with Crippen molar-refractivity contribution in [2.75, 3.05) is 11.5 Å². The number of carbonyl (C=O) groups excluding carboxylic acids is 1. The number of rotatable bonds is 3. The summed E-state index contributed by atoms with van der Waals surface area (Å²) in [6, 6.07) is 6.02. The van der Waals surface area contributed by atoms with Crippen LogP contribution >= 0.6 is 23.2 Å². The number of nitrogens with zero attached hydrogens (tertiary/aromatic N) is 1. The standard InChI is InChI=1S/C14H12Cl2N2O3S/c15-11-2-1-9(13(16)6-11)5-10(7-17)14(19)18-12-3-4-22(20,21)8-12/h1-2,5-6,12H,3-4,8H2,(H,18,19)/b10-5+. The highest BCUT2D eigenvalue weighted by atomic mass is 35.5. The van der Waals surface area contributed by atoms with Crippen LogP contribution in [0.2, 0.25) is 10.0 Å². The molecule has 22 heavy (non-hydrogen) atoms. The number of hydrogen-bond donors (Lipinski definition) is 1. The second-order valence-corrected chi connectivity index (χ2v) is 7.98. The van der Waals surface area contributed by atoms with Crippen LogP contribution in [0.5, 0.6) is 0 Å². The van der Waals surface area contributed by atoms with E-state index in [-0.39, 0.29) is 17.1 Å². The van der Waals surface area contributed by atoms with Gasteiger partial charge in [0.2, 0.25) is 0 Å². The third-order valence-corrected chi connectivity index (χ3v) is 5.53. The van der Waals surface area contributed by atoms with E-state index in [1.54, 1.807) is 18.2 Å². The molecule has 1 saturated heterocycles. The SMILES string of the molecule is N#C/C(=C\c1ccc(Cl)cc1Cl)C(=O)NC1CCS(=O)(=O)C1. The molecule has 1 aliphatic rings. The molecule has 2 rings (SSSR count). The van der Waals surface area contributed by atoms with Gasteiger partial charge in [-0.25, -0.2) is 8.42 Å². The number of halogens is 2. The van der Waals surface area contributed by atoms with Crippen molar-refractivity contribution in [2.45, 2.75) is 12.5 Å². The third kappa shape index (κ3) is 4.23. The van der Waals surface area contributed by atoms with Gasteiger partial charge in [0, 0.05) is 16.1 Å². The predicted molar refractivity (Wildman–Crippen MR) is 85.3 cm³/mol. The van der Waals surface area contributed by atoms with Crippen LogP contribution in [0.4, 0.5) is 0 Å². The first-order chi connectivity index (χ1) is 10.3. The van der Waals surface area contributed by atoms with E-state index in [0.29, 0.717) is 22.0 Å². The van der Waals surface area contributed by atoms with Gasteiger partial charge < -0.3 is 5.32 Å². The summed E-state index contributed by atoms with van der Waals surface area (Å²) < 4.78 is 22.7. The molecule has 0 aromatic heterocycles. The Morgan fingerprint density at radius 1 is 1.41 bits per heavy atom. The predicted octanol–water partition coefficient (Wildman–Crippen LogP) is 2.20. The fraction of sp³-hybridized carbons (Fsp3) is 0.286. The molecule has 0 aliphatic carbocycles. The lowest BCUT2D eigenvalue weighted by Gasteiger charge is -2.10. The van der Waals surface area contributed by atoms with E-state index in [9.17, 15) is 13.2 Å². The molecular weight excluding hydrogens is 347 g/mol. The molecule has 1 aromatic rings. The van der Waals surface area contributed by atoms with Crippen LogP contribution in [-0.2, 0) is 14.6 Å². The van der Waals surface area contributed by atoms with E-state index < -0.39 is 21.8 Å². The summed E-state index contributed by atoms with van der Waals surface area (Å²) in [4.78, 5) is 12.1. The molecule has 1 atom stereocenters. The van der Waals surface area contributed by atoms with Crippen LogP contribution in [-0.4, -0.2) is 31.9 Å². The first-order valence-corrected chi connectivity index (χ1v) is 8.96. The van der Waals surface area contributed by atoms with Gasteiger partial charge in [-0.05, 0) is 30.2 Å². The maximum Gasteiger partial charge on any atom is 0.262 e. The summed E-state index contributed by atoms with van der Waals surface area (Å²) in [6.45, 7) is 0. The molecule has 8 heteroatoms. The maximum atomic E-state index is 12.1. The van der Waals surface area contributed by atoms with E-state index in [1.807, 2.05) is 0 Å². The molecule has 1 aliphatic heterocycles. The normalized spacial score (nSPS) is 20.4. The average molecular weight is 359 g/mol. The quantitative estimate of drug-likeness (QED) is 0.662. The van der Waals surface area contributed by atoms with Crippen LogP contribution < -0.4 is 5.32 Å². The first kappa shape index (κ1) is 16.8. The Morgan fingerprint density at radius 2 is 2.14 bits per heavy atom. The molecule has 0 radical (unpaired) electrons. The summed E-state index contributed by atoms with van der Waals surface area (Å²) in [5, 5.41) is 12.4. The summed E-state index contributed by atoms with van der Waals surface area (Å²) >= 11 is 11.8. The van der Waals surface area contributed by atoms with Crippen LogP contribution in [0.15, 0.2) is 23.8 Å². The molecule has 0 saturated carbocycles. The zero-order valence-corrected chi connectivity index (χ0v) is 13.7. The number of hydrogen-bond acceptors (Lipinski definition) is 4. The Morgan fingerprint density at radius 3 is 2.68 bits per heavy atom. The van der Waals surface area contributed by atoms with Gasteiger partial charge >= 0.3 is 0 Å². The van der Waals surface area contributed by atoms with Crippen molar-refractivity contribution in [2.24, 2.45) is 0 Å². The number of nitrogens with one attached hydrogen (secondary N) is 1. The van der Waals surface area contributed by atoms with Crippen molar-refractivity contribution in [1.82, 2.24) is 5.32 Å². The zero-order chi connectivity index (χ0) is 16.3. The molecular formula is C14H12Cl2N2O3S. The second-order valence-electron chi connectivity index (χ2n) is 4.91. The van der Waals surface area contributed by atoms with Crippen molar-refractivity contribution in [1.29, 1.82) is 5.26 Å². The van der Waals surface area contributed by atoms with Gasteiger partial charge in [0.15, 0.2) is 9.84 Å². The van der Waals surface area contributed by atoms with Gasteiger partial charge in [0.1, 0.15) is 11.6 Å². The van der Waals surface area contributed by atoms with Crippen LogP contribution in [0.25, 0.3) is 6.08 Å².